The first-order chi connectivity index (χ1) is 17.1. The van der Waals surface area contributed by atoms with Crippen molar-refractivity contribution in [2.24, 2.45) is 0 Å². The Bertz CT molecular complexity index is 1220. The van der Waals surface area contributed by atoms with Gasteiger partial charge in [0.2, 0.25) is 0 Å². The Kier molecular flexibility index (Phi) is 8.76. The van der Waals surface area contributed by atoms with Gasteiger partial charge in [-0.3, -0.25) is 24.1 Å². The normalized spacial score (nSPS) is 14.4. The molecular weight excluding hydrogens is 484 g/mol. The number of nitrogens with zero attached hydrogens (tertiary/aromatic N) is 1. The summed E-state index contributed by atoms with van der Waals surface area (Å²) >= 11 is 0.738. The van der Waals surface area contributed by atoms with Crippen molar-refractivity contribution in [3.63, 3.8) is 0 Å². The number of carbonyl (C=O) groups excluding carboxylic acids is 4. The number of methoxy groups -OCH3 is 1. The monoisotopic (exact) mass is 512 g/mol. The topological polar surface area (TPSA) is 111 Å². The molecule has 1 N–H and O–H groups in total. The van der Waals surface area contributed by atoms with Crippen LogP contribution in [0.15, 0.2) is 41.3 Å². The maximum absolute atomic E-state index is 12.6. The van der Waals surface area contributed by atoms with E-state index >= 15 is 0 Å². The smallest absolute Gasteiger partial charge is 0.326 e. The molecular formula is C26H28N2O7S. The lowest BCUT2D eigenvalue weighted by molar-refractivity contribution is -0.149. The molecule has 0 spiro atoms. The fourth-order valence-corrected chi connectivity index (χ4v) is 4.15. The van der Waals surface area contributed by atoms with Gasteiger partial charge in [0.1, 0.15) is 6.54 Å². The van der Waals surface area contributed by atoms with Crippen molar-refractivity contribution in [1.29, 1.82) is 0 Å². The predicted octanol–water partition coefficient (Wildman–Crippen LogP) is 4.32. The van der Waals surface area contributed by atoms with Crippen molar-refractivity contribution in [2.45, 2.75) is 33.8 Å². The number of aryl methyl sites for hydroxylation is 2. The number of amides is 3. The van der Waals surface area contributed by atoms with Gasteiger partial charge < -0.3 is 19.5 Å². The minimum atomic E-state index is -0.654. The van der Waals surface area contributed by atoms with Gasteiger partial charge in [0.15, 0.2) is 18.1 Å². The van der Waals surface area contributed by atoms with Crippen LogP contribution in [0.5, 0.6) is 11.5 Å². The molecule has 3 rings (SSSR count). The van der Waals surface area contributed by atoms with Gasteiger partial charge >= 0.3 is 5.97 Å². The number of nitrogens with one attached hydrogen (secondary N) is 1. The Balaban J connectivity index is 1.66. The number of imide groups is 1. The average Bonchev–Trinajstić information content (AvgIpc) is 3.07. The molecule has 0 aromatic heterocycles. The third-order valence-electron chi connectivity index (χ3n) is 5.04. The number of ether oxygens (including phenoxy) is 3. The second-order valence-corrected chi connectivity index (χ2v) is 9.37. The number of carbonyl (C=O) groups is 4. The molecule has 0 radical (unpaired) electrons. The summed E-state index contributed by atoms with van der Waals surface area (Å²) in [6.45, 7) is 6.55. The molecule has 9 nitrogen and oxygen atoms in total. The van der Waals surface area contributed by atoms with E-state index in [9.17, 15) is 19.2 Å². The predicted molar refractivity (Wildman–Crippen MR) is 137 cm³/mol. The highest BCUT2D eigenvalue weighted by molar-refractivity contribution is 8.18. The Labute approximate surface area is 213 Å². The van der Waals surface area contributed by atoms with Crippen LogP contribution in [0.1, 0.15) is 30.5 Å². The van der Waals surface area contributed by atoms with Crippen molar-refractivity contribution in [1.82, 2.24) is 4.90 Å². The van der Waals surface area contributed by atoms with Gasteiger partial charge in [0.25, 0.3) is 17.1 Å². The van der Waals surface area contributed by atoms with Gasteiger partial charge in [0.05, 0.1) is 18.1 Å². The van der Waals surface area contributed by atoms with Crippen molar-refractivity contribution >= 4 is 46.5 Å². The van der Waals surface area contributed by atoms with Gasteiger partial charge in [-0.1, -0.05) is 18.2 Å². The molecule has 1 heterocycles. The first-order valence-electron chi connectivity index (χ1n) is 11.2. The maximum atomic E-state index is 12.6. The molecule has 3 amide bonds. The van der Waals surface area contributed by atoms with E-state index < -0.39 is 23.7 Å². The highest BCUT2D eigenvalue weighted by Gasteiger charge is 2.36. The van der Waals surface area contributed by atoms with Gasteiger partial charge in [-0.15, -0.1) is 0 Å². The molecule has 1 fully saturated rings. The number of anilines is 1. The van der Waals surface area contributed by atoms with Crippen LogP contribution in [0, 0.1) is 13.8 Å². The van der Waals surface area contributed by atoms with Gasteiger partial charge in [-0.25, -0.2) is 0 Å². The number of benzene rings is 2. The minimum absolute atomic E-state index is 0.168. The average molecular weight is 513 g/mol. The van der Waals surface area contributed by atoms with Crippen molar-refractivity contribution in [3.05, 3.63) is 58.0 Å². The summed E-state index contributed by atoms with van der Waals surface area (Å²) in [7, 11) is 1.45. The zero-order valence-corrected chi connectivity index (χ0v) is 21.6. The zero-order chi connectivity index (χ0) is 26.4. The Morgan fingerprint density at radius 3 is 2.53 bits per heavy atom. The Morgan fingerprint density at radius 1 is 1.08 bits per heavy atom. The second-order valence-electron chi connectivity index (χ2n) is 8.37. The Morgan fingerprint density at radius 2 is 1.83 bits per heavy atom. The summed E-state index contributed by atoms with van der Waals surface area (Å²) in [5.41, 5.74) is 3.27. The lowest BCUT2D eigenvalue weighted by Gasteiger charge is -2.13. The molecule has 190 valence electrons. The van der Waals surface area contributed by atoms with Crippen molar-refractivity contribution < 1.29 is 33.4 Å². The van der Waals surface area contributed by atoms with E-state index in [2.05, 4.69) is 5.32 Å². The molecule has 2 aromatic rings. The number of esters is 1. The first kappa shape index (κ1) is 26.8. The van der Waals surface area contributed by atoms with Crippen LogP contribution in [0.4, 0.5) is 10.5 Å². The van der Waals surface area contributed by atoms with Crippen LogP contribution in [0.3, 0.4) is 0 Å². The van der Waals surface area contributed by atoms with Crippen LogP contribution in [-0.4, -0.2) is 54.3 Å². The number of thioether (sulfide) groups is 1. The van der Waals surface area contributed by atoms with E-state index in [0.717, 1.165) is 33.5 Å². The van der Waals surface area contributed by atoms with Crippen LogP contribution in [-0.2, 0) is 19.1 Å². The summed E-state index contributed by atoms with van der Waals surface area (Å²) in [5.74, 6) is -0.857. The van der Waals surface area contributed by atoms with Crippen LogP contribution >= 0.6 is 11.8 Å². The number of rotatable bonds is 9. The van der Waals surface area contributed by atoms with Crippen LogP contribution < -0.4 is 14.8 Å². The summed E-state index contributed by atoms with van der Waals surface area (Å²) in [6, 6.07) is 10.7. The fraction of sp³-hybridized carbons (Fsp3) is 0.308. The molecule has 0 atom stereocenters. The largest absolute Gasteiger partial charge is 0.493 e. The molecule has 10 heteroatoms. The molecule has 0 saturated carbocycles. The van der Waals surface area contributed by atoms with E-state index in [1.54, 1.807) is 32.0 Å². The SMILES string of the molecule is COc1cc(/C=C2\SC(=O)N(CC(=O)OC(C)C)C2=O)ccc1OCC(=O)Nc1cc(C)ccc1C. The molecule has 0 unspecified atom stereocenters. The van der Waals surface area contributed by atoms with Gasteiger partial charge in [-0.2, -0.15) is 0 Å². The van der Waals surface area contributed by atoms with E-state index in [1.165, 1.54) is 13.2 Å². The minimum Gasteiger partial charge on any atom is -0.493 e. The van der Waals surface area contributed by atoms with E-state index in [-0.39, 0.29) is 23.5 Å². The summed E-state index contributed by atoms with van der Waals surface area (Å²) in [5, 5.41) is 2.28. The molecule has 0 aliphatic carbocycles. The summed E-state index contributed by atoms with van der Waals surface area (Å²) in [4.78, 5) is 50.2. The van der Waals surface area contributed by atoms with Crippen LogP contribution in [0.25, 0.3) is 6.08 Å². The molecule has 2 aromatic carbocycles. The third kappa shape index (κ3) is 6.88. The third-order valence-corrected chi connectivity index (χ3v) is 5.95. The maximum Gasteiger partial charge on any atom is 0.326 e. The standard InChI is InChI=1S/C26H28N2O7S/c1-15(2)35-24(30)13-28-25(31)22(36-26(28)32)12-18-8-9-20(21(11-18)33-5)34-14-23(29)27-19-10-16(3)6-7-17(19)4/h6-12,15H,13-14H2,1-5H3,(H,27,29)/b22-12-. The van der Waals surface area contributed by atoms with E-state index in [0.29, 0.717) is 17.1 Å². The molecule has 1 saturated heterocycles. The van der Waals surface area contributed by atoms with E-state index in [1.807, 2.05) is 32.0 Å². The zero-order valence-electron chi connectivity index (χ0n) is 20.7. The van der Waals surface area contributed by atoms with Crippen molar-refractivity contribution in [2.75, 3.05) is 25.6 Å². The summed E-state index contributed by atoms with van der Waals surface area (Å²) < 4.78 is 16.0. The highest BCUT2D eigenvalue weighted by Crippen LogP contribution is 2.34. The Hall–Kier alpha value is -3.79. The quantitative estimate of drug-likeness (QED) is 0.391. The lowest BCUT2D eigenvalue weighted by atomic mass is 10.1. The molecule has 1 aliphatic rings. The molecule has 36 heavy (non-hydrogen) atoms. The van der Waals surface area contributed by atoms with E-state index in [4.69, 9.17) is 14.2 Å². The molecule has 0 bridgehead atoms. The van der Waals surface area contributed by atoms with Gasteiger partial charge in [-0.05, 0) is 80.4 Å². The van der Waals surface area contributed by atoms with Crippen LogP contribution in [0.2, 0.25) is 0 Å². The number of hydrogen-bond acceptors (Lipinski definition) is 8. The number of hydrogen-bond donors (Lipinski definition) is 1. The van der Waals surface area contributed by atoms with Gasteiger partial charge in [0, 0.05) is 5.69 Å². The summed E-state index contributed by atoms with van der Waals surface area (Å²) in [6.07, 6.45) is 1.18. The fourth-order valence-electron chi connectivity index (χ4n) is 3.31. The van der Waals surface area contributed by atoms with Crippen molar-refractivity contribution in [3.8, 4) is 11.5 Å². The first-order valence-corrected chi connectivity index (χ1v) is 12.0. The highest BCUT2D eigenvalue weighted by atomic mass is 32.2. The molecule has 1 aliphatic heterocycles. The second kappa shape index (κ2) is 11.8. The lowest BCUT2D eigenvalue weighted by Crippen LogP contribution is -2.35.